The van der Waals surface area contributed by atoms with Gasteiger partial charge in [0.25, 0.3) is 0 Å². The van der Waals surface area contributed by atoms with E-state index in [-0.39, 0.29) is 31.1 Å². The van der Waals surface area contributed by atoms with Gasteiger partial charge < -0.3 is 24.7 Å². The molecule has 6 rings (SSSR count). The topological polar surface area (TPSA) is 168 Å². The number of benzene rings is 1. The summed E-state index contributed by atoms with van der Waals surface area (Å²) in [5, 5.41) is 0.526. The summed E-state index contributed by atoms with van der Waals surface area (Å²) < 4.78 is 54.8. The van der Waals surface area contributed by atoms with Gasteiger partial charge in [-0.05, 0) is 38.5 Å². The molecule has 16 heteroatoms. The van der Waals surface area contributed by atoms with Crippen LogP contribution in [0.3, 0.4) is 0 Å². The summed E-state index contributed by atoms with van der Waals surface area (Å²) in [5.74, 6) is 0.164. The second kappa shape index (κ2) is 10.1. The summed E-state index contributed by atoms with van der Waals surface area (Å²) in [6.07, 6.45) is -2.49. The summed E-state index contributed by atoms with van der Waals surface area (Å²) >= 11 is 6.11. The Bertz CT molecular complexity index is 1500. The minimum Gasteiger partial charge on any atom is -0.473 e. The number of hydrogen-bond acceptors (Lipinski definition) is 13. The van der Waals surface area contributed by atoms with Crippen LogP contribution in [0.1, 0.15) is 45.1 Å². The molecule has 40 heavy (non-hydrogen) atoms. The van der Waals surface area contributed by atoms with Crippen molar-refractivity contribution in [2.75, 3.05) is 18.9 Å². The highest BCUT2D eigenvalue weighted by Crippen LogP contribution is 2.58. The van der Waals surface area contributed by atoms with E-state index in [2.05, 4.69) is 15.0 Å². The summed E-state index contributed by atoms with van der Waals surface area (Å²) in [6.45, 7) is 5.19. The van der Waals surface area contributed by atoms with Gasteiger partial charge in [-0.3, -0.25) is 18.1 Å². The molecule has 0 spiro atoms. The Morgan fingerprint density at radius 3 is 2.92 bits per heavy atom. The van der Waals surface area contributed by atoms with Crippen LogP contribution in [0.15, 0.2) is 30.6 Å². The van der Waals surface area contributed by atoms with Crippen molar-refractivity contribution in [3.8, 4) is 5.88 Å². The lowest BCUT2D eigenvalue weighted by molar-refractivity contribution is -0.0925. The molecule has 6 atom stereocenters. The summed E-state index contributed by atoms with van der Waals surface area (Å²) in [4.78, 5) is 25.1. The van der Waals surface area contributed by atoms with Crippen LogP contribution in [0.2, 0.25) is 5.02 Å². The van der Waals surface area contributed by atoms with Crippen molar-refractivity contribution in [3.05, 3.63) is 41.2 Å². The predicted octanol–water partition coefficient (Wildman–Crippen LogP) is 4.34. The van der Waals surface area contributed by atoms with E-state index < -0.39 is 44.1 Å². The van der Waals surface area contributed by atoms with Gasteiger partial charge in [-0.1, -0.05) is 23.7 Å². The first kappa shape index (κ1) is 27.2. The summed E-state index contributed by atoms with van der Waals surface area (Å²) in [6, 6.07) is 7.07. The van der Waals surface area contributed by atoms with Crippen molar-refractivity contribution < 1.29 is 41.9 Å². The largest absolute Gasteiger partial charge is 0.509 e. The third-order valence-electron chi connectivity index (χ3n) is 6.73. The first-order chi connectivity index (χ1) is 19.0. The van der Waals surface area contributed by atoms with Crippen LogP contribution in [0, 0.1) is 0 Å². The van der Waals surface area contributed by atoms with Crippen LogP contribution in [-0.4, -0.2) is 62.8 Å². The molecule has 3 fully saturated rings. The minimum absolute atomic E-state index is 0.0388. The molecule has 2 aromatic heterocycles. The molecule has 3 aromatic rings. The summed E-state index contributed by atoms with van der Waals surface area (Å²) in [7, 11) is -4.00. The van der Waals surface area contributed by atoms with E-state index >= 15 is 0 Å². The van der Waals surface area contributed by atoms with E-state index in [0.29, 0.717) is 22.6 Å². The number of nitrogens with zero attached hydrogens (tertiary/aromatic N) is 4. The van der Waals surface area contributed by atoms with Gasteiger partial charge in [-0.2, -0.15) is 9.97 Å². The van der Waals surface area contributed by atoms with Crippen molar-refractivity contribution >= 4 is 42.7 Å². The molecule has 3 aliphatic heterocycles. The first-order valence-corrected chi connectivity index (χ1v) is 14.4. The zero-order valence-corrected chi connectivity index (χ0v) is 23.4. The van der Waals surface area contributed by atoms with Crippen LogP contribution in [0.25, 0.3) is 11.2 Å². The fraction of sp³-hybridized carbons (Fsp3) is 0.500. The van der Waals surface area contributed by atoms with Crippen LogP contribution < -0.4 is 10.5 Å². The average molecular weight is 596 g/mol. The second-order valence-electron chi connectivity index (χ2n) is 9.99. The number of anilines is 1. The maximum Gasteiger partial charge on any atom is 0.509 e. The molecule has 214 valence electrons. The van der Waals surface area contributed by atoms with E-state index in [1.807, 2.05) is 19.9 Å². The smallest absolute Gasteiger partial charge is 0.473 e. The first-order valence-electron chi connectivity index (χ1n) is 12.6. The highest BCUT2D eigenvalue weighted by atomic mass is 35.5. The van der Waals surface area contributed by atoms with Gasteiger partial charge >= 0.3 is 14.0 Å². The number of halogens is 1. The number of rotatable bonds is 7. The van der Waals surface area contributed by atoms with E-state index in [0.717, 1.165) is 5.56 Å². The van der Waals surface area contributed by atoms with Crippen molar-refractivity contribution in [1.82, 2.24) is 19.5 Å². The van der Waals surface area contributed by atoms with Gasteiger partial charge in [-0.25, -0.2) is 14.3 Å². The van der Waals surface area contributed by atoms with E-state index in [9.17, 15) is 9.36 Å². The number of aromatic nitrogens is 4. The maximum absolute atomic E-state index is 13.4. The van der Waals surface area contributed by atoms with Gasteiger partial charge in [0.05, 0.1) is 31.7 Å². The molecule has 6 unspecified atom stereocenters. The maximum atomic E-state index is 13.4. The Morgan fingerprint density at radius 2 is 2.15 bits per heavy atom. The Kier molecular flexibility index (Phi) is 6.88. The number of fused-ring (bicyclic) bond motifs is 2. The molecule has 3 aliphatic rings. The van der Waals surface area contributed by atoms with Gasteiger partial charge in [-0.15, -0.1) is 0 Å². The number of nitrogens with two attached hydrogens (primary N) is 1. The zero-order valence-electron chi connectivity index (χ0n) is 21.8. The standard InChI is InChI=1S/C24H27ClN5O9P/c1-12(2)35-20-17-19(28-22(26)29-20)30(11-27-17)21-24(3)18(37-23(31)38-24)16(36-21)10-34-40(32)33-8-7-15(39-40)13-5-4-6-14(25)9-13/h4-6,9,11-12,15-16,18,21H,7-8,10H2,1-3H3,(H2,26,28,29). The average Bonchev–Trinajstić information content (AvgIpc) is 3.51. The molecule has 2 N–H and O–H groups in total. The zero-order chi connectivity index (χ0) is 28.2. The molecule has 0 saturated carbocycles. The quantitative estimate of drug-likeness (QED) is 0.302. The predicted molar refractivity (Wildman–Crippen MR) is 139 cm³/mol. The normalized spacial score (nSPS) is 31.8. The number of phosphoric acid groups is 1. The number of ether oxygens (including phenoxy) is 4. The number of nitrogen functional groups attached to an aromatic ring is 1. The van der Waals surface area contributed by atoms with Crippen molar-refractivity contribution in [1.29, 1.82) is 0 Å². The fourth-order valence-electron chi connectivity index (χ4n) is 5.02. The molecule has 1 aromatic carbocycles. The molecule has 0 amide bonds. The van der Waals surface area contributed by atoms with Crippen LogP contribution in [0.4, 0.5) is 10.7 Å². The molecule has 0 aliphatic carbocycles. The minimum atomic E-state index is -4.00. The highest BCUT2D eigenvalue weighted by molar-refractivity contribution is 7.48. The number of imidazole rings is 1. The lowest BCUT2D eigenvalue weighted by Crippen LogP contribution is -2.42. The fourth-order valence-corrected chi connectivity index (χ4v) is 6.61. The summed E-state index contributed by atoms with van der Waals surface area (Å²) in [5.41, 5.74) is 6.02. The molecular formula is C24H27ClN5O9P. The van der Waals surface area contributed by atoms with Crippen LogP contribution in [-0.2, 0) is 32.3 Å². The third kappa shape index (κ3) is 4.89. The Labute approximate surface area is 233 Å². The highest BCUT2D eigenvalue weighted by Gasteiger charge is 2.64. The second-order valence-corrected chi connectivity index (χ2v) is 12.1. The Hall–Kier alpha value is -3.00. The molecular weight excluding hydrogens is 569 g/mol. The van der Waals surface area contributed by atoms with Crippen molar-refractivity contribution in [3.63, 3.8) is 0 Å². The van der Waals surface area contributed by atoms with Gasteiger partial charge in [0.15, 0.2) is 29.1 Å². The number of carbonyl (C=O) groups excluding carboxylic acids is 1. The monoisotopic (exact) mass is 595 g/mol. The van der Waals surface area contributed by atoms with Crippen molar-refractivity contribution in [2.24, 2.45) is 0 Å². The molecule has 0 bridgehead atoms. The Morgan fingerprint density at radius 1 is 1.32 bits per heavy atom. The van der Waals surface area contributed by atoms with E-state index in [1.165, 1.54) is 6.33 Å². The van der Waals surface area contributed by atoms with E-state index in [4.69, 9.17) is 49.9 Å². The number of hydrogen-bond donors (Lipinski definition) is 1. The number of phosphoric ester groups is 1. The van der Waals surface area contributed by atoms with Crippen molar-refractivity contribution in [2.45, 2.75) is 63.4 Å². The molecule has 0 radical (unpaired) electrons. The van der Waals surface area contributed by atoms with Gasteiger partial charge in [0.1, 0.15) is 6.10 Å². The van der Waals surface area contributed by atoms with Crippen LogP contribution >= 0.6 is 19.4 Å². The lowest BCUT2D eigenvalue weighted by atomic mass is 9.96. The lowest BCUT2D eigenvalue weighted by Gasteiger charge is -2.30. The molecule has 14 nitrogen and oxygen atoms in total. The SMILES string of the molecule is CC(C)Oc1nc(N)nc2c1ncn2C1OC(COP2(=O)OCCC(c3cccc(Cl)c3)O2)C2OC(=O)OC21C. The molecule has 3 saturated heterocycles. The van der Waals surface area contributed by atoms with Crippen LogP contribution in [0.5, 0.6) is 5.88 Å². The van der Waals surface area contributed by atoms with E-state index in [1.54, 1.807) is 29.7 Å². The Balaban J connectivity index is 1.24. The van der Waals surface area contributed by atoms with Gasteiger partial charge in [0.2, 0.25) is 11.8 Å². The number of carbonyl (C=O) groups is 1. The third-order valence-corrected chi connectivity index (χ3v) is 8.44. The van der Waals surface area contributed by atoms with Gasteiger partial charge in [0, 0.05) is 11.4 Å². The molecule has 5 heterocycles.